The van der Waals surface area contributed by atoms with E-state index in [-0.39, 0.29) is 10.8 Å². The van der Waals surface area contributed by atoms with Crippen molar-refractivity contribution in [3.8, 4) is 0 Å². The highest BCUT2D eigenvalue weighted by Crippen LogP contribution is 2.53. The van der Waals surface area contributed by atoms with Crippen LogP contribution in [-0.4, -0.2) is 23.4 Å². The van der Waals surface area contributed by atoms with Gasteiger partial charge in [-0.25, -0.2) is 0 Å². The molecule has 53 heavy (non-hydrogen) atoms. The molecule has 2 aliphatic heterocycles. The van der Waals surface area contributed by atoms with Crippen molar-refractivity contribution in [1.82, 2.24) is 0 Å². The first-order valence-electron chi connectivity index (χ1n) is 21.4. The van der Waals surface area contributed by atoms with E-state index in [1.807, 2.05) is 0 Å². The summed E-state index contributed by atoms with van der Waals surface area (Å²) in [5.41, 5.74) is 8.35. The van der Waals surface area contributed by atoms with Crippen LogP contribution in [0, 0.1) is 11.8 Å². The van der Waals surface area contributed by atoms with Gasteiger partial charge in [-0.1, -0.05) is 137 Å². The van der Waals surface area contributed by atoms with E-state index >= 15 is 0 Å². The fourth-order valence-electron chi connectivity index (χ4n) is 11.1. The third kappa shape index (κ3) is 6.85. The predicted octanol–water partition coefficient (Wildman–Crippen LogP) is 13.9. The molecule has 0 saturated heterocycles. The Balaban J connectivity index is 1.16. The zero-order chi connectivity index (χ0) is 36.4. The van der Waals surface area contributed by atoms with Crippen LogP contribution in [0.4, 0.5) is 11.4 Å². The van der Waals surface area contributed by atoms with Crippen molar-refractivity contribution in [2.75, 3.05) is 18.0 Å². The Morgan fingerprint density at radius 3 is 1.98 bits per heavy atom. The summed E-state index contributed by atoms with van der Waals surface area (Å²) >= 11 is 0. The van der Waals surface area contributed by atoms with Crippen molar-refractivity contribution >= 4 is 38.6 Å². The molecule has 0 amide bonds. The predicted molar refractivity (Wildman–Crippen MR) is 229 cm³/mol. The number of benzene rings is 4. The van der Waals surface area contributed by atoms with Gasteiger partial charge in [-0.3, -0.25) is 0 Å². The molecular weight excluding hydrogens is 641 g/mol. The molecule has 2 fully saturated rings. The zero-order valence-corrected chi connectivity index (χ0v) is 33.0. The van der Waals surface area contributed by atoms with Gasteiger partial charge < -0.3 is 4.90 Å². The van der Waals surface area contributed by atoms with E-state index in [9.17, 15) is 0 Å². The monoisotopic (exact) mass is 703 g/mol. The van der Waals surface area contributed by atoms with E-state index in [4.69, 9.17) is 0 Å². The molecule has 2 heteroatoms. The quantitative estimate of drug-likeness (QED) is 0.0720. The van der Waals surface area contributed by atoms with E-state index < -0.39 is 0 Å². The molecule has 2 aliphatic carbocycles. The summed E-state index contributed by atoms with van der Waals surface area (Å²) in [6, 6.07) is 27.5. The summed E-state index contributed by atoms with van der Waals surface area (Å²) in [4.78, 5) is 2.69. The van der Waals surface area contributed by atoms with E-state index in [0.29, 0.717) is 0 Å². The van der Waals surface area contributed by atoms with Crippen LogP contribution in [0.15, 0.2) is 109 Å². The largest absolute Gasteiger partial charge is 0.344 e. The van der Waals surface area contributed by atoms with Gasteiger partial charge in [0.15, 0.2) is 5.71 Å². The molecule has 0 radical (unpaired) electrons. The minimum absolute atomic E-state index is 0.101. The van der Waals surface area contributed by atoms with Crippen LogP contribution >= 0.6 is 0 Å². The molecule has 276 valence electrons. The van der Waals surface area contributed by atoms with Crippen LogP contribution in [0.3, 0.4) is 0 Å². The number of anilines is 1. The van der Waals surface area contributed by atoms with Gasteiger partial charge in [0.1, 0.15) is 6.54 Å². The molecule has 4 aromatic rings. The summed E-state index contributed by atoms with van der Waals surface area (Å²) in [5, 5.41) is 5.45. The molecule has 1 unspecified atom stereocenters. The lowest BCUT2D eigenvalue weighted by Gasteiger charge is -2.30. The Hall–Kier alpha value is -3.91. The van der Waals surface area contributed by atoms with Crippen LogP contribution in [0.5, 0.6) is 0 Å². The minimum atomic E-state index is -0.150. The number of nitrogens with zero attached hydrogens (tertiary/aromatic N) is 2. The first-order valence-corrected chi connectivity index (χ1v) is 21.4. The highest BCUT2D eigenvalue weighted by molar-refractivity contribution is 6.07. The van der Waals surface area contributed by atoms with Crippen molar-refractivity contribution in [1.29, 1.82) is 0 Å². The summed E-state index contributed by atoms with van der Waals surface area (Å²) in [6.45, 7) is 13.8. The Labute approximate surface area is 320 Å². The maximum absolute atomic E-state index is 4.31. The van der Waals surface area contributed by atoms with Crippen LogP contribution < -0.4 is 4.90 Å². The minimum Gasteiger partial charge on any atom is -0.344 e. The first-order chi connectivity index (χ1) is 25.9. The van der Waals surface area contributed by atoms with Crippen LogP contribution in [-0.2, 0) is 10.8 Å². The number of hydrogen-bond acceptors (Lipinski definition) is 1. The van der Waals surface area contributed by atoms with Gasteiger partial charge in [-0.05, 0) is 97.2 Å². The first kappa shape index (κ1) is 36.1. The molecule has 2 heterocycles. The van der Waals surface area contributed by atoms with Crippen molar-refractivity contribution in [2.45, 2.75) is 128 Å². The highest BCUT2D eigenvalue weighted by Gasteiger charge is 2.46. The second-order valence-corrected chi connectivity index (χ2v) is 17.7. The lowest BCUT2D eigenvalue weighted by molar-refractivity contribution is -0.438. The normalized spacial score (nSPS) is 22.3. The number of fused-ring (bicyclic) bond motifs is 6. The SMILES string of the molecule is C=CCC1(C)/C(=C\C=C\C2=[N+](CCCCC3CCCC3)c3ccc4ccccc4c3C2(C)C)N(CCCCC2CCCC2)c2ccc3ccccc3c21. The van der Waals surface area contributed by atoms with Crippen molar-refractivity contribution < 1.29 is 4.58 Å². The number of hydrogen-bond donors (Lipinski definition) is 0. The van der Waals surface area contributed by atoms with Crippen molar-refractivity contribution in [3.05, 3.63) is 121 Å². The van der Waals surface area contributed by atoms with Crippen LogP contribution in [0.2, 0.25) is 0 Å². The standard InChI is InChI=1S/C51H63N2/c1-5-35-51(4)47(53(37-17-15-24-39-21-8-9-22-39)45-34-32-41-26-11-13-28-43(41)49(45)51)30-18-29-46-50(2,3)48-42-27-12-10-25-40(42)31-33-44(48)52(46)36-16-14-23-38-19-6-7-20-38/h5,10-13,18,25-34,38-39H,1,6-9,14-17,19-24,35-37H2,2-4H3/q+1. The third-order valence-electron chi connectivity index (χ3n) is 13.9. The molecular formula is C51H63N2+. The molecule has 0 bridgehead atoms. The smallest absolute Gasteiger partial charge is 0.210 e. The molecule has 4 aliphatic rings. The summed E-state index contributed by atoms with van der Waals surface area (Å²) < 4.78 is 2.69. The average molecular weight is 704 g/mol. The van der Waals surface area contributed by atoms with Gasteiger partial charge in [-0.15, -0.1) is 6.58 Å². The number of unbranched alkanes of at least 4 members (excludes halogenated alkanes) is 2. The molecule has 1 atom stereocenters. The van der Waals surface area contributed by atoms with Gasteiger partial charge in [0, 0.05) is 47.5 Å². The fourth-order valence-corrected chi connectivity index (χ4v) is 11.1. The topological polar surface area (TPSA) is 6.25 Å². The summed E-state index contributed by atoms with van der Waals surface area (Å²) in [7, 11) is 0. The van der Waals surface area contributed by atoms with Gasteiger partial charge in [0.05, 0.1) is 5.41 Å². The van der Waals surface area contributed by atoms with Crippen molar-refractivity contribution in [3.63, 3.8) is 0 Å². The van der Waals surface area contributed by atoms with Crippen LogP contribution in [0.1, 0.15) is 128 Å². The molecule has 2 saturated carbocycles. The van der Waals surface area contributed by atoms with Gasteiger partial charge >= 0.3 is 0 Å². The lowest BCUT2D eigenvalue weighted by Crippen LogP contribution is -2.29. The van der Waals surface area contributed by atoms with E-state index in [1.54, 1.807) is 0 Å². The van der Waals surface area contributed by atoms with Crippen molar-refractivity contribution in [2.24, 2.45) is 11.8 Å². The Morgan fingerprint density at radius 2 is 1.32 bits per heavy atom. The van der Waals surface area contributed by atoms with Crippen LogP contribution in [0.25, 0.3) is 21.5 Å². The fraction of sp³-hybridized carbons (Fsp3) is 0.471. The molecule has 0 N–H and O–H groups in total. The van der Waals surface area contributed by atoms with Gasteiger partial charge in [0.2, 0.25) is 5.69 Å². The van der Waals surface area contributed by atoms with E-state index in [2.05, 4.69) is 134 Å². The van der Waals surface area contributed by atoms with Gasteiger partial charge in [0.25, 0.3) is 0 Å². The Morgan fingerprint density at radius 1 is 0.717 bits per heavy atom. The molecule has 0 aromatic heterocycles. The third-order valence-corrected chi connectivity index (χ3v) is 13.9. The summed E-state index contributed by atoms with van der Waals surface area (Å²) in [6.07, 6.45) is 29.9. The highest BCUT2D eigenvalue weighted by atomic mass is 15.2. The average Bonchev–Trinajstić information content (AvgIpc) is 3.97. The second-order valence-electron chi connectivity index (χ2n) is 17.7. The second kappa shape index (κ2) is 15.4. The number of rotatable bonds is 14. The Bertz CT molecular complexity index is 2050. The van der Waals surface area contributed by atoms with E-state index in [1.165, 1.54) is 145 Å². The molecule has 8 rings (SSSR count). The molecule has 4 aromatic carbocycles. The maximum atomic E-state index is 4.31. The van der Waals surface area contributed by atoms with Gasteiger partial charge in [-0.2, -0.15) is 4.58 Å². The maximum Gasteiger partial charge on any atom is 0.210 e. The Kier molecular flexibility index (Phi) is 10.5. The van der Waals surface area contributed by atoms with E-state index in [0.717, 1.165) is 31.3 Å². The summed E-state index contributed by atoms with van der Waals surface area (Å²) in [5.74, 6) is 1.91. The zero-order valence-electron chi connectivity index (χ0n) is 33.0. The number of allylic oxidation sites excluding steroid dienone is 5. The molecule has 0 spiro atoms. The molecule has 2 nitrogen and oxygen atoms in total. The lowest BCUT2D eigenvalue weighted by atomic mass is 9.76.